The van der Waals surface area contributed by atoms with Crippen LogP contribution < -0.4 is 5.32 Å². The van der Waals surface area contributed by atoms with Crippen molar-refractivity contribution < 1.29 is 9.90 Å². The molecule has 2 unspecified atom stereocenters. The number of carbonyl (C=O) groups excluding carboxylic acids is 1. The largest absolute Gasteiger partial charge is 0.396 e. The van der Waals surface area contributed by atoms with Crippen molar-refractivity contribution in [3.8, 4) is 0 Å². The standard InChI is InChI=1S/C17H26BrNO2/c1-12(13-5-7-14(18)8-6-13)11-16(21)19-15(9-10-20)17(2,3)4/h5-8,12,15,20H,9-11H2,1-4H3,(H,19,21). The molecule has 0 radical (unpaired) electrons. The van der Waals surface area contributed by atoms with Crippen LogP contribution in [0.25, 0.3) is 0 Å². The maximum atomic E-state index is 12.2. The molecule has 2 N–H and O–H groups in total. The van der Waals surface area contributed by atoms with Crippen LogP contribution in [-0.2, 0) is 4.79 Å². The van der Waals surface area contributed by atoms with Crippen molar-refractivity contribution in [3.05, 3.63) is 34.3 Å². The highest BCUT2D eigenvalue weighted by Gasteiger charge is 2.26. The lowest BCUT2D eigenvalue weighted by Crippen LogP contribution is -2.44. The van der Waals surface area contributed by atoms with Crippen LogP contribution in [0.1, 0.15) is 52.0 Å². The third kappa shape index (κ3) is 6.18. The molecule has 1 aromatic carbocycles. The number of aliphatic hydroxyl groups excluding tert-OH is 1. The minimum atomic E-state index is -0.0563. The molecule has 4 heteroatoms. The lowest BCUT2D eigenvalue weighted by Gasteiger charge is -2.31. The topological polar surface area (TPSA) is 49.3 Å². The molecule has 1 rings (SSSR count). The summed E-state index contributed by atoms with van der Waals surface area (Å²) in [4.78, 5) is 12.2. The summed E-state index contributed by atoms with van der Waals surface area (Å²) in [5.74, 6) is 0.214. The van der Waals surface area contributed by atoms with Crippen molar-refractivity contribution in [1.82, 2.24) is 5.32 Å². The molecule has 1 amide bonds. The number of hydrogen-bond acceptors (Lipinski definition) is 2. The number of carbonyl (C=O) groups is 1. The average molecular weight is 356 g/mol. The zero-order valence-corrected chi connectivity index (χ0v) is 14.9. The van der Waals surface area contributed by atoms with E-state index in [1.54, 1.807) is 0 Å². The number of rotatable bonds is 6. The summed E-state index contributed by atoms with van der Waals surface area (Å²) in [5.41, 5.74) is 1.10. The van der Waals surface area contributed by atoms with E-state index in [1.165, 1.54) is 0 Å². The lowest BCUT2D eigenvalue weighted by atomic mass is 9.84. The maximum absolute atomic E-state index is 12.2. The highest BCUT2D eigenvalue weighted by Crippen LogP contribution is 2.24. The van der Waals surface area contributed by atoms with E-state index in [0.29, 0.717) is 12.8 Å². The molecule has 0 spiro atoms. The minimum absolute atomic E-state index is 0.00730. The Balaban J connectivity index is 2.61. The van der Waals surface area contributed by atoms with E-state index in [2.05, 4.69) is 48.9 Å². The Hall–Kier alpha value is -0.870. The van der Waals surface area contributed by atoms with Crippen molar-refractivity contribution in [2.24, 2.45) is 5.41 Å². The number of amides is 1. The third-order valence-corrected chi connectivity index (χ3v) is 4.26. The molecule has 0 saturated heterocycles. The van der Waals surface area contributed by atoms with Crippen LogP contribution in [0.3, 0.4) is 0 Å². The van der Waals surface area contributed by atoms with Crippen molar-refractivity contribution in [1.29, 1.82) is 0 Å². The van der Waals surface area contributed by atoms with Crippen molar-refractivity contribution >= 4 is 21.8 Å². The van der Waals surface area contributed by atoms with Gasteiger partial charge in [-0.05, 0) is 35.4 Å². The fourth-order valence-corrected chi connectivity index (χ4v) is 2.56. The van der Waals surface area contributed by atoms with Gasteiger partial charge in [0.2, 0.25) is 5.91 Å². The van der Waals surface area contributed by atoms with E-state index >= 15 is 0 Å². The summed E-state index contributed by atoms with van der Waals surface area (Å²) in [6, 6.07) is 8.06. The van der Waals surface area contributed by atoms with Crippen LogP contribution in [-0.4, -0.2) is 23.7 Å². The highest BCUT2D eigenvalue weighted by molar-refractivity contribution is 9.10. The van der Waals surface area contributed by atoms with Gasteiger partial charge in [-0.3, -0.25) is 4.79 Å². The van der Waals surface area contributed by atoms with Gasteiger partial charge in [0, 0.05) is 23.5 Å². The Morgan fingerprint density at radius 3 is 2.33 bits per heavy atom. The van der Waals surface area contributed by atoms with Gasteiger partial charge in [0.15, 0.2) is 0 Å². The van der Waals surface area contributed by atoms with Gasteiger partial charge >= 0.3 is 0 Å². The Bertz CT molecular complexity index is 451. The van der Waals surface area contributed by atoms with Crippen molar-refractivity contribution in [2.75, 3.05) is 6.61 Å². The summed E-state index contributed by atoms with van der Waals surface area (Å²) in [5, 5.41) is 12.2. The van der Waals surface area contributed by atoms with Gasteiger partial charge in [-0.2, -0.15) is 0 Å². The molecule has 0 aliphatic rings. The second-order valence-corrected chi connectivity index (χ2v) is 7.57. The molecular weight excluding hydrogens is 330 g/mol. The predicted octanol–water partition coefficient (Wildman–Crippen LogP) is 3.86. The van der Waals surface area contributed by atoms with Crippen LogP contribution >= 0.6 is 15.9 Å². The van der Waals surface area contributed by atoms with E-state index in [4.69, 9.17) is 5.11 Å². The predicted molar refractivity (Wildman–Crippen MR) is 90.3 cm³/mol. The first-order valence-corrected chi connectivity index (χ1v) is 8.19. The Morgan fingerprint density at radius 2 is 1.86 bits per heavy atom. The van der Waals surface area contributed by atoms with Gasteiger partial charge in [0.1, 0.15) is 0 Å². The van der Waals surface area contributed by atoms with Crippen molar-refractivity contribution in [2.45, 2.75) is 52.5 Å². The average Bonchev–Trinajstić information content (AvgIpc) is 2.37. The van der Waals surface area contributed by atoms with E-state index in [-0.39, 0.29) is 29.9 Å². The van der Waals surface area contributed by atoms with Crippen LogP contribution in [0, 0.1) is 5.41 Å². The van der Waals surface area contributed by atoms with Gasteiger partial charge in [-0.1, -0.05) is 55.8 Å². The molecule has 0 aliphatic carbocycles. The normalized spacial score (nSPS) is 14.6. The lowest BCUT2D eigenvalue weighted by molar-refractivity contribution is -0.123. The molecule has 0 aliphatic heterocycles. The fraction of sp³-hybridized carbons (Fsp3) is 0.588. The first-order chi connectivity index (χ1) is 9.74. The Morgan fingerprint density at radius 1 is 1.29 bits per heavy atom. The monoisotopic (exact) mass is 355 g/mol. The number of hydrogen-bond donors (Lipinski definition) is 2. The molecule has 1 aromatic rings. The third-order valence-electron chi connectivity index (χ3n) is 3.73. The summed E-state index contributed by atoms with van der Waals surface area (Å²) in [6.07, 6.45) is 1.04. The highest BCUT2D eigenvalue weighted by atomic mass is 79.9. The summed E-state index contributed by atoms with van der Waals surface area (Å²) in [7, 11) is 0. The molecule has 21 heavy (non-hydrogen) atoms. The number of nitrogens with one attached hydrogen (secondary N) is 1. The van der Waals surface area contributed by atoms with Gasteiger partial charge in [0.05, 0.1) is 0 Å². The van der Waals surface area contributed by atoms with Gasteiger partial charge in [-0.15, -0.1) is 0 Å². The quantitative estimate of drug-likeness (QED) is 0.813. The van der Waals surface area contributed by atoms with Gasteiger partial charge < -0.3 is 10.4 Å². The summed E-state index contributed by atoms with van der Waals surface area (Å²) < 4.78 is 1.04. The summed E-state index contributed by atoms with van der Waals surface area (Å²) in [6.45, 7) is 8.37. The number of halogens is 1. The van der Waals surface area contributed by atoms with E-state index < -0.39 is 0 Å². The van der Waals surface area contributed by atoms with E-state index in [0.717, 1.165) is 10.0 Å². The van der Waals surface area contributed by atoms with Crippen molar-refractivity contribution in [3.63, 3.8) is 0 Å². The van der Waals surface area contributed by atoms with Crippen LogP contribution in [0.5, 0.6) is 0 Å². The van der Waals surface area contributed by atoms with Crippen LogP contribution in [0.4, 0.5) is 0 Å². The molecule has 118 valence electrons. The number of aliphatic hydroxyl groups is 1. The van der Waals surface area contributed by atoms with Crippen LogP contribution in [0.15, 0.2) is 28.7 Å². The molecule has 3 nitrogen and oxygen atoms in total. The van der Waals surface area contributed by atoms with Gasteiger partial charge in [0.25, 0.3) is 0 Å². The first kappa shape index (κ1) is 18.2. The molecule has 0 bridgehead atoms. The first-order valence-electron chi connectivity index (χ1n) is 7.39. The van der Waals surface area contributed by atoms with Crippen LogP contribution in [0.2, 0.25) is 0 Å². The smallest absolute Gasteiger partial charge is 0.220 e. The minimum Gasteiger partial charge on any atom is -0.396 e. The SMILES string of the molecule is CC(CC(=O)NC(CCO)C(C)(C)C)c1ccc(Br)cc1. The Kier molecular flexibility index (Phi) is 6.88. The van der Waals surface area contributed by atoms with Gasteiger partial charge in [-0.25, -0.2) is 0 Å². The summed E-state index contributed by atoms with van der Waals surface area (Å²) >= 11 is 3.41. The maximum Gasteiger partial charge on any atom is 0.220 e. The fourth-order valence-electron chi connectivity index (χ4n) is 2.29. The molecule has 0 aromatic heterocycles. The number of benzene rings is 1. The second-order valence-electron chi connectivity index (χ2n) is 6.66. The van der Waals surface area contributed by atoms with E-state index in [1.807, 2.05) is 24.3 Å². The van der Waals surface area contributed by atoms with E-state index in [9.17, 15) is 4.79 Å². The molecule has 0 fully saturated rings. The molecule has 0 saturated carbocycles. The molecule has 2 atom stereocenters. The Labute approximate surface area is 136 Å². The zero-order valence-electron chi connectivity index (χ0n) is 13.3. The zero-order chi connectivity index (χ0) is 16.0. The molecular formula is C17H26BrNO2. The molecule has 0 heterocycles. The second kappa shape index (κ2) is 7.95.